The Bertz CT molecular complexity index is 1780. The molecule has 11 heteroatoms. The van der Waals surface area contributed by atoms with E-state index in [1.165, 1.54) is 12.1 Å². The van der Waals surface area contributed by atoms with Crippen molar-refractivity contribution >= 4 is 28.9 Å². The number of carbonyl (C=O) groups is 2. The zero-order chi connectivity index (χ0) is 37.4. The van der Waals surface area contributed by atoms with Crippen LogP contribution in [0.3, 0.4) is 0 Å². The van der Waals surface area contributed by atoms with Crippen LogP contribution in [0, 0.1) is 5.92 Å². The monoisotopic (exact) mass is 716 g/mol. The summed E-state index contributed by atoms with van der Waals surface area (Å²) < 4.78 is 45.8. The van der Waals surface area contributed by atoms with Gasteiger partial charge < -0.3 is 25.0 Å². The molecule has 0 spiro atoms. The first kappa shape index (κ1) is 38.4. The molecular weight excluding hydrogens is 669 g/mol. The van der Waals surface area contributed by atoms with Crippen LogP contribution in [-0.4, -0.2) is 72.2 Å². The van der Waals surface area contributed by atoms with E-state index < -0.39 is 29.8 Å². The number of alkyl halides is 3. The molecule has 4 aromatic carbocycles. The molecule has 0 aromatic heterocycles. The van der Waals surface area contributed by atoms with Crippen LogP contribution in [-0.2, 0) is 23.9 Å². The summed E-state index contributed by atoms with van der Waals surface area (Å²) in [5, 5.41) is 12.9. The van der Waals surface area contributed by atoms with Gasteiger partial charge in [0, 0.05) is 43.5 Å². The number of amides is 2. The molecule has 52 heavy (non-hydrogen) atoms. The summed E-state index contributed by atoms with van der Waals surface area (Å²) >= 11 is 0. The molecular formula is C41H47F3N4O4. The molecule has 2 N–H and O–H groups in total. The number of nitrogens with zero attached hydrogens (tertiary/aromatic N) is 3. The number of hydrogen-bond acceptors (Lipinski definition) is 6. The van der Waals surface area contributed by atoms with E-state index in [-0.39, 0.29) is 41.9 Å². The maximum Gasteiger partial charge on any atom is 0.416 e. The summed E-state index contributed by atoms with van der Waals surface area (Å²) in [6.45, 7) is 8.11. The van der Waals surface area contributed by atoms with Crippen molar-refractivity contribution in [1.29, 1.82) is 0 Å². The fourth-order valence-electron chi connectivity index (χ4n) is 6.45. The van der Waals surface area contributed by atoms with E-state index in [4.69, 9.17) is 4.74 Å². The summed E-state index contributed by atoms with van der Waals surface area (Å²) in [4.78, 5) is 33.2. The van der Waals surface area contributed by atoms with Crippen molar-refractivity contribution < 1.29 is 32.6 Å². The summed E-state index contributed by atoms with van der Waals surface area (Å²) in [6.07, 6.45) is -4.05. The predicted octanol–water partition coefficient (Wildman–Crippen LogP) is 7.79. The summed E-state index contributed by atoms with van der Waals surface area (Å²) in [7, 11) is 2.01. The number of aliphatic hydroxyl groups is 1. The van der Waals surface area contributed by atoms with Crippen molar-refractivity contribution in [3.63, 3.8) is 0 Å². The zero-order valence-corrected chi connectivity index (χ0v) is 30.1. The first-order chi connectivity index (χ1) is 24.9. The summed E-state index contributed by atoms with van der Waals surface area (Å²) in [5.41, 5.74) is 3.52. The van der Waals surface area contributed by atoms with Gasteiger partial charge in [-0.2, -0.15) is 13.2 Å². The van der Waals surface area contributed by atoms with Crippen LogP contribution in [0.4, 0.5) is 30.2 Å². The van der Waals surface area contributed by atoms with E-state index in [0.717, 1.165) is 42.0 Å². The van der Waals surface area contributed by atoms with E-state index in [1.54, 1.807) is 30.0 Å². The zero-order valence-electron chi connectivity index (χ0n) is 30.1. The Morgan fingerprint density at radius 2 is 1.62 bits per heavy atom. The van der Waals surface area contributed by atoms with Gasteiger partial charge in [-0.15, -0.1) is 0 Å². The highest BCUT2D eigenvalue weighted by molar-refractivity contribution is 6.02. The van der Waals surface area contributed by atoms with Gasteiger partial charge in [0.25, 0.3) is 5.91 Å². The number of hydrogen-bond donors (Lipinski definition) is 2. The molecule has 1 heterocycles. The van der Waals surface area contributed by atoms with Crippen molar-refractivity contribution in [3.05, 3.63) is 119 Å². The van der Waals surface area contributed by atoms with Gasteiger partial charge in [0.15, 0.2) is 5.75 Å². The molecule has 5 rings (SSSR count). The van der Waals surface area contributed by atoms with E-state index in [0.29, 0.717) is 25.2 Å². The van der Waals surface area contributed by atoms with Crippen LogP contribution in [0.25, 0.3) is 0 Å². The number of anilines is 3. The maximum atomic E-state index is 13.9. The number of carbonyl (C=O) groups excluding carboxylic acids is 2. The van der Waals surface area contributed by atoms with Gasteiger partial charge in [-0.25, -0.2) is 0 Å². The molecule has 1 aliphatic heterocycles. The van der Waals surface area contributed by atoms with Crippen LogP contribution in [0.2, 0.25) is 0 Å². The third-order valence-corrected chi connectivity index (χ3v) is 9.32. The van der Waals surface area contributed by atoms with Crippen molar-refractivity contribution in [2.75, 3.05) is 43.5 Å². The number of likely N-dealkylation sites (N-methyl/N-ethyl adjacent to an activating group) is 1. The minimum Gasteiger partial charge on any atom is -0.486 e. The molecule has 0 fully saturated rings. The topological polar surface area (TPSA) is 85.4 Å². The second-order valence-electron chi connectivity index (χ2n) is 13.6. The lowest BCUT2D eigenvalue weighted by molar-refractivity contribution is -0.137. The normalized spacial score (nSPS) is 16.8. The first-order valence-electron chi connectivity index (χ1n) is 17.7. The maximum absolute atomic E-state index is 13.9. The van der Waals surface area contributed by atoms with Gasteiger partial charge in [0.1, 0.15) is 6.10 Å². The third kappa shape index (κ3) is 9.51. The van der Waals surface area contributed by atoms with Crippen LogP contribution in [0.5, 0.6) is 5.75 Å². The van der Waals surface area contributed by atoms with Crippen LogP contribution in [0.15, 0.2) is 97.1 Å². The lowest BCUT2D eigenvalue weighted by atomic mass is 9.98. The van der Waals surface area contributed by atoms with Gasteiger partial charge in [0.2, 0.25) is 5.91 Å². The van der Waals surface area contributed by atoms with E-state index in [2.05, 4.69) is 58.4 Å². The van der Waals surface area contributed by atoms with Crippen molar-refractivity contribution in [2.45, 2.75) is 58.5 Å². The Balaban J connectivity index is 1.35. The number of halogens is 3. The molecule has 0 radical (unpaired) electrons. The lowest BCUT2D eigenvalue weighted by Crippen LogP contribution is -2.49. The second-order valence-corrected chi connectivity index (χ2v) is 13.6. The van der Waals surface area contributed by atoms with Crippen LogP contribution < -0.4 is 15.0 Å². The third-order valence-electron chi connectivity index (χ3n) is 9.32. The number of nitrogens with one attached hydrogen (secondary N) is 1. The number of benzene rings is 4. The van der Waals surface area contributed by atoms with E-state index in [1.807, 2.05) is 32.2 Å². The van der Waals surface area contributed by atoms with E-state index in [9.17, 15) is 27.9 Å². The Morgan fingerprint density at radius 1 is 0.962 bits per heavy atom. The average Bonchev–Trinajstić information content (AvgIpc) is 3.12. The van der Waals surface area contributed by atoms with Crippen molar-refractivity contribution in [1.82, 2.24) is 9.80 Å². The first-order valence-corrected chi connectivity index (χ1v) is 17.7. The highest BCUT2D eigenvalue weighted by atomic mass is 19.4. The largest absolute Gasteiger partial charge is 0.486 e. The predicted molar refractivity (Wildman–Crippen MR) is 198 cm³/mol. The molecule has 0 saturated carbocycles. The standard InChI is InChI=1S/C41H47F3N4O4/c1-5-22-47(33-10-7-6-8-11-33)34-20-16-31(17-21-34)25-46(4)26-37-28(2)24-48(29(3)27-49)40(51)35-12-9-13-36(39(35)52-37)45-38(50)23-30-14-18-32(19-15-30)41(42,43)44/h6-21,28-29,37,49H,5,22-27H2,1-4H3,(H,45,50)/t28-,29+,37-/m1/s1. The lowest BCUT2D eigenvalue weighted by Gasteiger charge is -2.38. The number of aliphatic hydroxyl groups excluding tert-OH is 1. The van der Waals surface area contributed by atoms with Gasteiger partial charge in [0.05, 0.1) is 35.9 Å². The number of rotatable bonds is 13. The van der Waals surface area contributed by atoms with Crippen LogP contribution >= 0.6 is 0 Å². The minimum atomic E-state index is -4.47. The smallest absolute Gasteiger partial charge is 0.416 e. The van der Waals surface area contributed by atoms with Gasteiger partial charge in [-0.1, -0.05) is 62.4 Å². The number of para-hydroxylation sites is 2. The molecule has 0 aliphatic carbocycles. The van der Waals surface area contributed by atoms with Crippen LogP contribution in [0.1, 0.15) is 54.2 Å². The quantitative estimate of drug-likeness (QED) is 0.147. The average molecular weight is 717 g/mol. The molecule has 4 aromatic rings. The van der Waals surface area contributed by atoms with Crippen molar-refractivity contribution in [3.8, 4) is 5.75 Å². The minimum absolute atomic E-state index is 0.152. The summed E-state index contributed by atoms with van der Waals surface area (Å²) in [6, 6.07) is 27.7. The highest BCUT2D eigenvalue weighted by Gasteiger charge is 2.35. The highest BCUT2D eigenvalue weighted by Crippen LogP contribution is 2.36. The van der Waals surface area contributed by atoms with Gasteiger partial charge in [-0.3, -0.25) is 14.5 Å². The van der Waals surface area contributed by atoms with E-state index >= 15 is 0 Å². The summed E-state index contributed by atoms with van der Waals surface area (Å²) in [5.74, 6) is -0.738. The Morgan fingerprint density at radius 3 is 2.25 bits per heavy atom. The number of ether oxygens (including phenoxy) is 1. The second kappa shape index (κ2) is 17.1. The molecule has 2 amide bonds. The SMILES string of the molecule is CCCN(c1ccccc1)c1ccc(CN(C)C[C@H]2Oc3c(NC(=O)Cc4ccc(C(F)(F)F)cc4)cccc3C(=O)N([C@@H](C)CO)C[C@H]2C)cc1. The fourth-order valence-corrected chi connectivity index (χ4v) is 6.45. The Kier molecular flexibility index (Phi) is 12.6. The van der Waals surface area contributed by atoms with Gasteiger partial charge in [-0.05, 0) is 80.1 Å². The molecule has 3 atom stereocenters. The van der Waals surface area contributed by atoms with Crippen molar-refractivity contribution in [2.24, 2.45) is 5.92 Å². The molecule has 0 unspecified atom stereocenters. The Labute approximate surface area is 303 Å². The fraction of sp³-hybridized carbons (Fsp3) is 0.366. The Hall–Kier alpha value is -4.87. The molecule has 8 nitrogen and oxygen atoms in total. The molecule has 1 aliphatic rings. The number of fused-ring (bicyclic) bond motifs is 1. The molecule has 0 saturated heterocycles. The van der Waals surface area contributed by atoms with Gasteiger partial charge >= 0.3 is 6.18 Å². The molecule has 276 valence electrons. The molecule has 0 bridgehead atoms.